The molecule has 1 aliphatic heterocycles. The second-order valence-electron chi connectivity index (χ2n) is 5.31. The van der Waals surface area contributed by atoms with E-state index in [1.165, 1.54) is 17.5 Å². The van der Waals surface area contributed by atoms with Gasteiger partial charge in [0.1, 0.15) is 12.4 Å². The molecule has 2 unspecified atom stereocenters. The molecule has 2 aliphatic rings. The van der Waals surface area contributed by atoms with Gasteiger partial charge in [0.05, 0.1) is 6.10 Å². The Labute approximate surface area is 108 Å². The maximum Gasteiger partial charge on any atom is 0.119 e. The minimum absolute atomic E-state index is 0.209. The highest BCUT2D eigenvalue weighted by molar-refractivity contribution is 5.38. The van der Waals surface area contributed by atoms with Gasteiger partial charge < -0.3 is 15.2 Å². The van der Waals surface area contributed by atoms with Crippen molar-refractivity contribution in [2.24, 2.45) is 5.73 Å². The maximum atomic E-state index is 6.11. The average Bonchev–Trinajstić information content (AvgIpc) is 2.90. The molecule has 98 valence electrons. The van der Waals surface area contributed by atoms with Crippen molar-refractivity contribution < 1.29 is 9.47 Å². The molecule has 0 radical (unpaired) electrons. The van der Waals surface area contributed by atoms with Crippen LogP contribution in [0.3, 0.4) is 0 Å². The van der Waals surface area contributed by atoms with Crippen molar-refractivity contribution in [2.75, 3.05) is 13.2 Å². The van der Waals surface area contributed by atoms with Crippen LogP contribution in [0.4, 0.5) is 0 Å². The van der Waals surface area contributed by atoms with E-state index in [4.69, 9.17) is 15.2 Å². The maximum absolute atomic E-state index is 6.11. The number of benzene rings is 1. The van der Waals surface area contributed by atoms with Gasteiger partial charge in [-0.2, -0.15) is 0 Å². The van der Waals surface area contributed by atoms with Crippen molar-refractivity contribution >= 4 is 0 Å². The van der Waals surface area contributed by atoms with Crippen molar-refractivity contribution in [1.82, 2.24) is 0 Å². The van der Waals surface area contributed by atoms with Crippen molar-refractivity contribution in [2.45, 2.75) is 44.2 Å². The van der Waals surface area contributed by atoms with Crippen LogP contribution >= 0.6 is 0 Å². The first kappa shape index (κ1) is 12.0. The topological polar surface area (TPSA) is 44.5 Å². The predicted molar refractivity (Wildman–Crippen MR) is 70.8 cm³/mol. The summed E-state index contributed by atoms with van der Waals surface area (Å²) in [5.41, 5.74) is 8.77. The molecular weight excluding hydrogens is 226 g/mol. The predicted octanol–water partition coefficient (Wildman–Crippen LogP) is 2.58. The van der Waals surface area contributed by atoms with E-state index < -0.39 is 0 Å². The van der Waals surface area contributed by atoms with Crippen LogP contribution in [0.5, 0.6) is 5.75 Å². The standard InChI is InChI=1S/C15H21NO2/c16-15-5-1-3-11-9-12(6-7-14(11)15)18-10-13-4-2-8-17-13/h6-7,9,13,15H,1-5,8,10,16H2. The molecule has 18 heavy (non-hydrogen) atoms. The summed E-state index contributed by atoms with van der Waals surface area (Å²) in [5.74, 6) is 0.957. The molecule has 0 aromatic heterocycles. The van der Waals surface area contributed by atoms with Crippen molar-refractivity contribution in [3.8, 4) is 5.75 Å². The van der Waals surface area contributed by atoms with E-state index in [1.807, 2.05) is 6.07 Å². The molecule has 0 saturated carbocycles. The summed E-state index contributed by atoms with van der Waals surface area (Å²) in [6.07, 6.45) is 5.97. The summed E-state index contributed by atoms with van der Waals surface area (Å²) in [5, 5.41) is 0. The summed E-state index contributed by atoms with van der Waals surface area (Å²) in [4.78, 5) is 0. The van der Waals surface area contributed by atoms with Crippen LogP contribution in [-0.4, -0.2) is 19.3 Å². The zero-order valence-electron chi connectivity index (χ0n) is 10.7. The van der Waals surface area contributed by atoms with Crippen molar-refractivity contribution in [3.05, 3.63) is 29.3 Å². The summed E-state index contributed by atoms with van der Waals surface area (Å²) in [6.45, 7) is 1.55. The quantitative estimate of drug-likeness (QED) is 0.893. The van der Waals surface area contributed by atoms with Crippen LogP contribution in [0.2, 0.25) is 0 Å². The molecule has 1 aromatic rings. The lowest BCUT2D eigenvalue weighted by atomic mass is 9.88. The van der Waals surface area contributed by atoms with E-state index in [1.54, 1.807) is 0 Å². The molecule has 1 heterocycles. The van der Waals surface area contributed by atoms with E-state index in [0.717, 1.165) is 38.0 Å². The lowest BCUT2D eigenvalue weighted by Crippen LogP contribution is -2.18. The zero-order chi connectivity index (χ0) is 12.4. The molecule has 1 fully saturated rings. The summed E-state index contributed by atoms with van der Waals surface area (Å²) >= 11 is 0. The molecule has 2 N–H and O–H groups in total. The molecule has 0 bridgehead atoms. The molecule has 0 amide bonds. The third-order valence-corrected chi connectivity index (χ3v) is 3.94. The zero-order valence-corrected chi connectivity index (χ0v) is 10.7. The fourth-order valence-electron chi connectivity index (χ4n) is 2.88. The molecule has 2 atom stereocenters. The van der Waals surface area contributed by atoms with Gasteiger partial charge in [-0.05, 0) is 55.4 Å². The van der Waals surface area contributed by atoms with Crippen molar-refractivity contribution in [1.29, 1.82) is 0 Å². The molecule has 1 saturated heterocycles. The minimum Gasteiger partial charge on any atom is -0.491 e. The smallest absolute Gasteiger partial charge is 0.119 e. The number of ether oxygens (including phenoxy) is 2. The van der Waals surface area contributed by atoms with Gasteiger partial charge in [0, 0.05) is 12.6 Å². The number of hydrogen-bond donors (Lipinski definition) is 1. The van der Waals surface area contributed by atoms with E-state index in [9.17, 15) is 0 Å². The molecule has 1 aliphatic carbocycles. The minimum atomic E-state index is 0.209. The molecule has 3 rings (SSSR count). The van der Waals surface area contributed by atoms with E-state index >= 15 is 0 Å². The lowest BCUT2D eigenvalue weighted by molar-refractivity contribution is 0.0679. The normalized spacial score (nSPS) is 26.9. The molecule has 3 nitrogen and oxygen atoms in total. The first-order valence-electron chi connectivity index (χ1n) is 6.96. The van der Waals surface area contributed by atoms with Crippen LogP contribution < -0.4 is 10.5 Å². The lowest BCUT2D eigenvalue weighted by Gasteiger charge is -2.23. The van der Waals surface area contributed by atoms with Crippen LogP contribution in [0, 0.1) is 0 Å². The fraction of sp³-hybridized carbons (Fsp3) is 0.600. The SMILES string of the molecule is NC1CCCc2cc(OCC3CCCO3)ccc21. The summed E-state index contributed by atoms with van der Waals surface area (Å²) < 4.78 is 11.4. The monoisotopic (exact) mass is 247 g/mol. The van der Waals surface area contributed by atoms with Gasteiger partial charge in [0.25, 0.3) is 0 Å². The Morgan fingerprint density at radius 3 is 3.06 bits per heavy atom. The van der Waals surface area contributed by atoms with E-state index in [0.29, 0.717) is 6.61 Å². The Morgan fingerprint density at radius 2 is 2.22 bits per heavy atom. The highest BCUT2D eigenvalue weighted by Crippen LogP contribution is 2.30. The first-order valence-corrected chi connectivity index (χ1v) is 6.96. The highest BCUT2D eigenvalue weighted by atomic mass is 16.5. The van der Waals surface area contributed by atoms with Gasteiger partial charge in [-0.1, -0.05) is 6.07 Å². The molecule has 3 heteroatoms. The molecule has 1 aromatic carbocycles. The van der Waals surface area contributed by atoms with Gasteiger partial charge in [-0.3, -0.25) is 0 Å². The molecule has 0 spiro atoms. The van der Waals surface area contributed by atoms with Crippen molar-refractivity contribution in [3.63, 3.8) is 0 Å². The Balaban J connectivity index is 1.66. The third-order valence-electron chi connectivity index (χ3n) is 3.94. The summed E-state index contributed by atoms with van der Waals surface area (Å²) in [7, 11) is 0. The first-order chi connectivity index (χ1) is 8.83. The highest BCUT2D eigenvalue weighted by Gasteiger charge is 2.18. The molecular formula is C15H21NO2. The number of hydrogen-bond acceptors (Lipinski definition) is 3. The van der Waals surface area contributed by atoms with Gasteiger partial charge >= 0.3 is 0 Å². The van der Waals surface area contributed by atoms with Gasteiger partial charge in [0.2, 0.25) is 0 Å². The van der Waals surface area contributed by atoms with Gasteiger partial charge in [-0.15, -0.1) is 0 Å². The number of aryl methyl sites for hydroxylation is 1. The Bertz CT molecular complexity index is 413. The summed E-state index contributed by atoms with van der Waals surface area (Å²) in [6, 6.07) is 6.53. The van der Waals surface area contributed by atoms with Gasteiger partial charge in [0.15, 0.2) is 0 Å². The number of nitrogens with two attached hydrogens (primary N) is 1. The largest absolute Gasteiger partial charge is 0.491 e. The number of rotatable bonds is 3. The van der Waals surface area contributed by atoms with Crippen LogP contribution in [-0.2, 0) is 11.2 Å². The van der Waals surface area contributed by atoms with E-state index in [2.05, 4.69) is 12.1 Å². The second-order valence-corrected chi connectivity index (χ2v) is 5.31. The van der Waals surface area contributed by atoms with Gasteiger partial charge in [-0.25, -0.2) is 0 Å². The average molecular weight is 247 g/mol. The Hall–Kier alpha value is -1.06. The van der Waals surface area contributed by atoms with Crippen LogP contribution in [0.15, 0.2) is 18.2 Å². The number of fused-ring (bicyclic) bond motifs is 1. The third kappa shape index (κ3) is 2.52. The second kappa shape index (κ2) is 5.29. The van der Waals surface area contributed by atoms with Crippen LogP contribution in [0.25, 0.3) is 0 Å². The van der Waals surface area contributed by atoms with E-state index in [-0.39, 0.29) is 12.1 Å². The van der Waals surface area contributed by atoms with Crippen LogP contribution in [0.1, 0.15) is 42.9 Å². The fourth-order valence-corrected chi connectivity index (χ4v) is 2.88. The Morgan fingerprint density at radius 1 is 1.28 bits per heavy atom. The Kier molecular flexibility index (Phi) is 3.52.